The van der Waals surface area contributed by atoms with Gasteiger partial charge in [-0.2, -0.15) is 0 Å². The number of hydrogen-bond acceptors (Lipinski definition) is 3. The van der Waals surface area contributed by atoms with Crippen LogP contribution in [-0.4, -0.2) is 30.4 Å². The number of carbonyl (C=O) groups excluding carboxylic acids is 2. The van der Waals surface area contributed by atoms with Crippen LogP contribution in [0, 0.1) is 5.92 Å². The molecule has 0 aromatic carbocycles. The molecular formula is C17H33N3O2. The first kappa shape index (κ1) is 18.9. The van der Waals surface area contributed by atoms with E-state index in [1.54, 1.807) is 0 Å². The Kier molecular flexibility index (Phi) is 9.13. The fourth-order valence-electron chi connectivity index (χ4n) is 3.04. The maximum Gasteiger partial charge on any atom is 0.223 e. The summed E-state index contributed by atoms with van der Waals surface area (Å²) in [6.45, 7) is 4.48. The molecule has 0 aromatic heterocycles. The predicted molar refractivity (Wildman–Crippen MR) is 89.3 cm³/mol. The zero-order valence-electron chi connectivity index (χ0n) is 14.2. The molecule has 0 heterocycles. The molecule has 2 atom stereocenters. The van der Waals surface area contributed by atoms with Crippen molar-refractivity contribution in [3.63, 3.8) is 0 Å². The van der Waals surface area contributed by atoms with Crippen LogP contribution in [0.15, 0.2) is 0 Å². The van der Waals surface area contributed by atoms with Crippen LogP contribution in [0.3, 0.4) is 0 Å². The van der Waals surface area contributed by atoms with Crippen LogP contribution in [-0.2, 0) is 9.59 Å². The monoisotopic (exact) mass is 311 g/mol. The average molecular weight is 311 g/mol. The average Bonchev–Trinajstić information content (AvgIpc) is 2.51. The van der Waals surface area contributed by atoms with Gasteiger partial charge >= 0.3 is 0 Å². The summed E-state index contributed by atoms with van der Waals surface area (Å²) in [5.74, 6) is 0.227. The molecule has 0 radical (unpaired) electrons. The Morgan fingerprint density at radius 3 is 2.45 bits per heavy atom. The van der Waals surface area contributed by atoms with E-state index in [1.807, 2.05) is 6.92 Å². The van der Waals surface area contributed by atoms with Crippen LogP contribution >= 0.6 is 0 Å². The number of nitrogens with one attached hydrogen (secondary N) is 2. The van der Waals surface area contributed by atoms with Crippen molar-refractivity contribution in [2.24, 2.45) is 11.7 Å². The maximum absolute atomic E-state index is 12.1. The molecule has 1 aliphatic rings. The molecule has 2 unspecified atom stereocenters. The fourth-order valence-corrected chi connectivity index (χ4v) is 3.04. The highest BCUT2D eigenvalue weighted by molar-refractivity contribution is 5.81. The van der Waals surface area contributed by atoms with Crippen molar-refractivity contribution in [2.45, 2.75) is 83.7 Å². The Balaban J connectivity index is 2.28. The van der Waals surface area contributed by atoms with Gasteiger partial charge in [-0.05, 0) is 26.2 Å². The van der Waals surface area contributed by atoms with Gasteiger partial charge in [0.2, 0.25) is 11.8 Å². The number of unbranched alkanes of at least 4 members (excludes halogenated alkanes) is 1. The van der Waals surface area contributed by atoms with Gasteiger partial charge in [0, 0.05) is 31.0 Å². The maximum atomic E-state index is 12.1. The largest absolute Gasteiger partial charge is 0.353 e. The molecule has 4 N–H and O–H groups in total. The van der Waals surface area contributed by atoms with Crippen molar-refractivity contribution in [3.05, 3.63) is 0 Å². The second-order valence-corrected chi connectivity index (χ2v) is 6.59. The van der Waals surface area contributed by atoms with Gasteiger partial charge in [-0.1, -0.05) is 39.0 Å². The normalized spacial score (nSPS) is 18.5. The van der Waals surface area contributed by atoms with E-state index in [4.69, 9.17) is 5.73 Å². The van der Waals surface area contributed by atoms with Crippen molar-refractivity contribution < 1.29 is 9.59 Å². The smallest absolute Gasteiger partial charge is 0.223 e. The summed E-state index contributed by atoms with van der Waals surface area (Å²) >= 11 is 0. The SMILES string of the molecule is CCCCC(CN)NC(=O)CC(C)NC(=O)C1CCCCC1. The standard InChI is InChI=1S/C17H33N3O2/c1-3-4-10-15(12-18)20-16(21)11-13(2)19-17(22)14-8-6-5-7-9-14/h13-15H,3-12,18H2,1-2H3,(H,19,22)(H,20,21). The number of amides is 2. The third kappa shape index (κ3) is 7.25. The van der Waals surface area contributed by atoms with Crippen molar-refractivity contribution in [3.8, 4) is 0 Å². The molecule has 128 valence electrons. The first-order chi connectivity index (χ1) is 10.6. The lowest BCUT2D eigenvalue weighted by Crippen LogP contribution is -2.44. The first-order valence-corrected chi connectivity index (χ1v) is 8.86. The third-order valence-electron chi connectivity index (χ3n) is 4.41. The first-order valence-electron chi connectivity index (χ1n) is 8.86. The molecule has 0 spiro atoms. The summed E-state index contributed by atoms with van der Waals surface area (Å²) in [5, 5.41) is 5.95. The highest BCUT2D eigenvalue weighted by atomic mass is 16.2. The third-order valence-corrected chi connectivity index (χ3v) is 4.41. The molecule has 0 bridgehead atoms. The van der Waals surface area contributed by atoms with Gasteiger partial charge in [0.15, 0.2) is 0 Å². The molecule has 5 heteroatoms. The van der Waals surface area contributed by atoms with Crippen molar-refractivity contribution in [1.82, 2.24) is 10.6 Å². The van der Waals surface area contributed by atoms with Gasteiger partial charge < -0.3 is 16.4 Å². The number of carbonyl (C=O) groups is 2. The topological polar surface area (TPSA) is 84.2 Å². The minimum Gasteiger partial charge on any atom is -0.353 e. The summed E-state index contributed by atoms with van der Waals surface area (Å²) in [7, 11) is 0. The Hall–Kier alpha value is -1.10. The second-order valence-electron chi connectivity index (χ2n) is 6.59. The number of nitrogens with two attached hydrogens (primary N) is 1. The summed E-state index contributed by atoms with van der Waals surface area (Å²) in [6, 6.07) is -0.0762. The fraction of sp³-hybridized carbons (Fsp3) is 0.882. The number of rotatable bonds is 9. The van der Waals surface area contributed by atoms with E-state index in [2.05, 4.69) is 17.6 Å². The zero-order valence-corrected chi connectivity index (χ0v) is 14.2. The van der Waals surface area contributed by atoms with Crippen molar-refractivity contribution in [1.29, 1.82) is 0 Å². The van der Waals surface area contributed by atoms with E-state index >= 15 is 0 Å². The highest BCUT2D eigenvalue weighted by Gasteiger charge is 2.23. The molecule has 1 fully saturated rings. The van der Waals surface area contributed by atoms with E-state index in [0.717, 1.165) is 44.9 Å². The summed E-state index contributed by atoms with van der Waals surface area (Å²) < 4.78 is 0. The molecule has 1 aliphatic carbocycles. The van der Waals surface area contributed by atoms with Crippen LogP contribution in [0.25, 0.3) is 0 Å². The lowest BCUT2D eigenvalue weighted by molar-refractivity contribution is -0.127. The van der Waals surface area contributed by atoms with Gasteiger partial charge in [0.05, 0.1) is 0 Å². The zero-order chi connectivity index (χ0) is 16.4. The second kappa shape index (κ2) is 10.6. The molecule has 0 saturated heterocycles. The quantitative estimate of drug-likeness (QED) is 0.609. The van der Waals surface area contributed by atoms with E-state index < -0.39 is 0 Å². The predicted octanol–water partition coefficient (Wildman–Crippen LogP) is 2.10. The van der Waals surface area contributed by atoms with Crippen molar-refractivity contribution >= 4 is 11.8 Å². The van der Waals surface area contributed by atoms with E-state index in [1.165, 1.54) is 6.42 Å². The summed E-state index contributed by atoms with van der Waals surface area (Å²) in [6.07, 6.45) is 8.89. The molecule has 0 aliphatic heterocycles. The Morgan fingerprint density at radius 1 is 1.18 bits per heavy atom. The van der Waals surface area contributed by atoms with E-state index in [0.29, 0.717) is 13.0 Å². The van der Waals surface area contributed by atoms with Crippen LogP contribution in [0.1, 0.15) is 71.6 Å². The molecule has 2 amide bonds. The summed E-state index contributed by atoms with van der Waals surface area (Å²) in [4.78, 5) is 24.2. The highest BCUT2D eigenvalue weighted by Crippen LogP contribution is 2.23. The van der Waals surface area contributed by atoms with Gasteiger partial charge in [-0.3, -0.25) is 9.59 Å². The van der Waals surface area contributed by atoms with Gasteiger partial charge in [-0.25, -0.2) is 0 Å². The van der Waals surface area contributed by atoms with E-state index in [9.17, 15) is 9.59 Å². The van der Waals surface area contributed by atoms with Gasteiger partial charge in [-0.15, -0.1) is 0 Å². The van der Waals surface area contributed by atoms with Crippen LogP contribution in [0.5, 0.6) is 0 Å². The van der Waals surface area contributed by atoms with E-state index in [-0.39, 0.29) is 29.8 Å². The molecule has 1 saturated carbocycles. The lowest BCUT2D eigenvalue weighted by Gasteiger charge is -2.23. The van der Waals surface area contributed by atoms with Gasteiger partial charge in [0.25, 0.3) is 0 Å². The van der Waals surface area contributed by atoms with Crippen LogP contribution in [0.4, 0.5) is 0 Å². The Labute approximate surface area is 134 Å². The molecular weight excluding hydrogens is 278 g/mol. The summed E-state index contributed by atoms with van der Waals surface area (Å²) in [5.41, 5.74) is 5.69. The molecule has 1 rings (SSSR count). The van der Waals surface area contributed by atoms with Gasteiger partial charge in [0.1, 0.15) is 0 Å². The minimum absolute atomic E-state index is 0.0250. The molecule has 22 heavy (non-hydrogen) atoms. The minimum atomic E-state index is -0.126. The molecule has 0 aromatic rings. The number of hydrogen-bond donors (Lipinski definition) is 3. The Morgan fingerprint density at radius 2 is 1.86 bits per heavy atom. The van der Waals surface area contributed by atoms with Crippen molar-refractivity contribution in [2.75, 3.05) is 6.54 Å². The molecule has 5 nitrogen and oxygen atoms in total. The van der Waals surface area contributed by atoms with Crippen LogP contribution < -0.4 is 16.4 Å². The Bertz CT molecular complexity index is 341. The van der Waals surface area contributed by atoms with Crippen LogP contribution in [0.2, 0.25) is 0 Å². The lowest BCUT2D eigenvalue weighted by atomic mass is 9.88.